The van der Waals surface area contributed by atoms with Crippen LogP contribution in [0, 0.1) is 0 Å². The second-order valence-electron chi connectivity index (χ2n) is 8.25. The smallest absolute Gasteiger partial charge is 0.200 e. The largest absolute Gasteiger partial charge is 0.373 e. The Morgan fingerprint density at radius 2 is 0.800 bits per heavy atom. The van der Waals surface area contributed by atoms with E-state index < -0.39 is 76.0 Å². The van der Waals surface area contributed by atoms with Gasteiger partial charge in [0.1, 0.15) is 0 Å². The van der Waals surface area contributed by atoms with Gasteiger partial charge < -0.3 is 0 Å². The van der Waals surface area contributed by atoms with Gasteiger partial charge in [-0.1, -0.05) is 62.4 Å². The Balaban J connectivity index is 2.61. The number of hydrogen-bond donors (Lipinski definition) is 0. The molecule has 0 saturated heterocycles. The van der Waals surface area contributed by atoms with Gasteiger partial charge in [-0.3, -0.25) is 0 Å². The van der Waals surface area contributed by atoms with E-state index in [-0.39, 0.29) is 0 Å². The molecule has 1 aliphatic rings. The van der Waals surface area contributed by atoms with Crippen LogP contribution in [0.1, 0.15) is 37.8 Å². The first-order valence-electron chi connectivity index (χ1n) is 10.3. The van der Waals surface area contributed by atoms with E-state index in [1.54, 1.807) is 0 Å². The topological polar surface area (TPSA) is 0 Å². The molecule has 2 aromatic carbocycles. The van der Waals surface area contributed by atoms with Crippen molar-refractivity contribution in [2.75, 3.05) is 0 Å². The minimum absolute atomic E-state index is 0.345. The van der Waals surface area contributed by atoms with Crippen LogP contribution in [0.2, 0.25) is 0 Å². The Morgan fingerprint density at radius 3 is 1.09 bits per heavy atom. The van der Waals surface area contributed by atoms with Crippen molar-refractivity contribution in [2.24, 2.45) is 0 Å². The van der Waals surface area contributed by atoms with Crippen LogP contribution in [-0.2, 0) is 5.41 Å². The maximum atomic E-state index is 15.8. The van der Waals surface area contributed by atoms with Gasteiger partial charge in [0.05, 0.1) is 0 Å². The molecule has 0 nitrogen and oxygen atoms in total. The monoisotopic (exact) mass is 522 g/mol. The van der Waals surface area contributed by atoms with Gasteiger partial charge in [0.2, 0.25) is 0 Å². The van der Waals surface area contributed by atoms with Crippen LogP contribution in [0.4, 0.5) is 52.7 Å². The number of halogens is 12. The van der Waals surface area contributed by atoms with Crippen LogP contribution in [-0.4, -0.2) is 35.5 Å². The van der Waals surface area contributed by atoms with Crippen molar-refractivity contribution in [3.8, 4) is 11.1 Å². The predicted octanol–water partition coefficient (Wildman–Crippen LogP) is 8.58. The summed E-state index contributed by atoms with van der Waals surface area (Å²) in [7, 11) is 0. The van der Waals surface area contributed by atoms with Gasteiger partial charge in [-0.05, 0) is 22.3 Å². The number of rotatable bonds is 8. The lowest BCUT2D eigenvalue weighted by Gasteiger charge is -2.50. The van der Waals surface area contributed by atoms with Gasteiger partial charge in [0.25, 0.3) is 0 Å². The molecular formula is C23H18F12. The van der Waals surface area contributed by atoms with Crippen LogP contribution in [0.3, 0.4) is 0 Å². The molecule has 194 valence electrons. The van der Waals surface area contributed by atoms with E-state index in [9.17, 15) is 35.1 Å². The van der Waals surface area contributed by atoms with E-state index in [1.807, 2.05) is 0 Å². The molecule has 0 N–H and O–H groups in total. The standard InChI is InChI=1S/C23H18F12/c1-3-17(24,25)20(28,29)22(32,33)19(23(34,35)21(30,31)18(26,27)4-2)15-11-7-5-9-13(15)14-10-6-8-12-16(14)19/h5-12H,3-4H2,1-2H3. The molecule has 1 aliphatic carbocycles. The zero-order valence-electron chi connectivity index (χ0n) is 18.1. The number of hydrogen-bond acceptors (Lipinski definition) is 0. The molecule has 0 saturated carbocycles. The first-order valence-corrected chi connectivity index (χ1v) is 10.3. The Morgan fingerprint density at radius 1 is 0.514 bits per heavy atom. The summed E-state index contributed by atoms with van der Waals surface area (Å²) >= 11 is 0. The van der Waals surface area contributed by atoms with E-state index in [0.29, 0.717) is 26.0 Å². The van der Waals surface area contributed by atoms with Crippen LogP contribution in [0.5, 0.6) is 0 Å². The summed E-state index contributed by atoms with van der Waals surface area (Å²) in [6, 6.07) is 6.01. The van der Waals surface area contributed by atoms with E-state index in [0.717, 1.165) is 36.4 Å². The molecule has 12 heteroatoms. The molecule has 3 rings (SSSR count). The SMILES string of the molecule is CCC(F)(F)C(F)(F)C(F)(F)C1(C(F)(F)C(F)(F)C(F)(F)CC)c2ccccc2-c2ccccc21. The van der Waals surface area contributed by atoms with E-state index >= 15 is 17.6 Å². The predicted molar refractivity (Wildman–Crippen MR) is 103 cm³/mol. The lowest BCUT2D eigenvalue weighted by Crippen LogP contribution is -2.74. The molecule has 2 aromatic rings. The first-order chi connectivity index (χ1) is 15.8. The van der Waals surface area contributed by atoms with Crippen molar-refractivity contribution in [3.63, 3.8) is 0 Å². The third kappa shape index (κ3) is 3.03. The first kappa shape index (κ1) is 27.2. The third-order valence-corrected chi connectivity index (χ3v) is 6.49. The van der Waals surface area contributed by atoms with E-state index in [1.165, 1.54) is 0 Å². The summed E-state index contributed by atoms with van der Waals surface area (Å²) in [6.07, 6.45) is -3.97. The van der Waals surface area contributed by atoms with Gasteiger partial charge in [0, 0.05) is 12.8 Å². The van der Waals surface area contributed by atoms with E-state index in [4.69, 9.17) is 0 Å². The highest BCUT2D eigenvalue weighted by molar-refractivity contribution is 5.83. The normalized spacial score (nSPS) is 16.7. The molecule has 0 unspecified atom stereocenters. The highest BCUT2D eigenvalue weighted by Crippen LogP contribution is 2.71. The van der Waals surface area contributed by atoms with Crippen molar-refractivity contribution in [2.45, 2.75) is 67.6 Å². The Hall–Kier alpha value is -2.40. The fraction of sp³-hybridized carbons (Fsp3) is 0.478. The second kappa shape index (κ2) is 7.80. The highest BCUT2D eigenvalue weighted by Gasteiger charge is 2.91. The molecule has 0 amide bonds. The van der Waals surface area contributed by atoms with Crippen LogP contribution in [0.15, 0.2) is 48.5 Å². The van der Waals surface area contributed by atoms with Gasteiger partial charge in [-0.15, -0.1) is 0 Å². The van der Waals surface area contributed by atoms with Crippen LogP contribution >= 0.6 is 0 Å². The minimum Gasteiger partial charge on any atom is -0.200 e. The summed E-state index contributed by atoms with van der Waals surface area (Å²) in [6.45, 7) is 0.705. The summed E-state index contributed by atoms with van der Waals surface area (Å²) in [5.41, 5.74) is -9.87. The van der Waals surface area contributed by atoms with Crippen LogP contribution < -0.4 is 0 Å². The average molecular weight is 522 g/mol. The lowest BCUT2D eigenvalue weighted by atomic mass is 9.62. The molecule has 0 atom stereocenters. The molecule has 0 spiro atoms. The molecule has 0 aromatic heterocycles. The maximum Gasteiger partial charge on any atom is 0.373 e. The zero-order chi connectivity index (χ0) is 26.9. The zero-order valence-corrected chi connectivity index (χ0v) is 18.1. The third-order valence-electron chi connectivity index (χ3n) is 6.49. The maximum absolute atomic E-state index is 15.8. The summed E-state index contributed by atoms with van der Waals surface area (Å²) in [5.74, 6) is -38.1. The summed E-state index contributed by atoms with van der Waals surface area (Å²) in [5, 5.41) is 0. The highest BCUT2D eigenvalue weighted by atomic mass is 19.4. The molecule has 35 heavy (non-hydrogen) atoms. The van der Waals surface area contributed by atoms with Crippen molar-refractivity contribution in [3.05, 3.63) is 59.7 Å². The van der Waals surface area contributed by atoms with E-state index in [2.05, 4.69) is 0 Å². The number of alkyl halides is 12. The number of benzene rings is 2. The Bertz CT molecular complexity index is 1020. The lowest BCUT2D eigenvalue weighted by molar-refractivity contribution is -0.385. The van der Waals surface area contributed by atoms with Crippen molar-refractivity contribution < 1.29 is 52.7 Å². The van der Waals surface area contributed by atoms with Gasteiger partial charge in [-0.2, -0.15) is 52.7 Å². The van der Waals surface area contributed by atoms with Crippen molar-refractivity contribution in [1.82, 2.24) is 0 Å². The van der Waals surface area contributed by atoms with Gasteiger partial charge in [-0.25, -0.2) is 0 Å². The number of fused-ring (bicyclic) bond motifs is 3. The van der Waals surface area contributed by atoms with Crippen molar-refractivity contribution >= 4 is 0 Å². The van der Waals surface area contributed by atoms with Gasteiger partial charge in [0.15, 0.2) is 5.41 Å². The van der Waals surface area contributed by atoms with Gasteiger partial charge >= 0.3 is 35.5 Å². The second-order valence-corrected chi connectivity index (χ2v) is 8.25. The average Bonchev–Trinajstić information content (AvgIpc) is 3.10. The molecule has 0 aliphatic heterocycles. The molecular weight excluding hydrogens is 504 g/mol. The van der Waals surface area contributed by atoms with Crippen LogP contribution in [0.25, 0.3) is 11.1 Å². The fourth-order valence-electron chi connectivity index (χ4n) is 4.48. The minimum atomic E-state index is -6.70. The fourth-order valence-corrected chi connectivity index (χ4v) is 4.48. The van der Waals surface area contributed by atoms with Crippen molar-refractivity contribution in [1.29, 1.82) is 0 Å². The Kier molecular flexibility index (Phi) is 6.06. The summed E-state index contributed by atoms with van der Waals surface area (Å²) < 4.78 is 180. The Labute approximate surface area is 191 Å². The molecule has 0 bridgehead atoms. The molecule has 0 fully saturated rings. The molecule has 0 heterocycles. The quantitative estimate of drug-likeness (QED) is 0.305. The molecule has 0 radical (unpaired) electrons. The summed E-state index contributed by atoms with van der Waals surface area (Å²) in [4.78, 5) is 0.